The summed E-state index contributed by atoms with van der Waals surface area (Å²) in [6.07, 6.45) is 2.10. The van der Waals surface area contributed by atoms with Crippen molar-refractivity contribution in [3.8, 4) is 17.2 Å². The van der Waals surface area contributed by atoms with Crippen molar-refractivity contribution in [2.75, 3.05) is 13.3 Å². The lowest BCUT2D eigenvalue weighted by atomic mass is 10.1. The van der Waals surface area contributed by atoms with Crippen LogP contribution in [-0.4, -0.2) is 28.2 Å². The van der Waals surface area contributed by atoms with Crippen LogP contribution in [0, 0.1) is 0 Å². The molecule has 5 rings (SSSR count). The van der Waals surface area contributed by atoms with E-state index in [-0.39, 0.29) is 0 Å². The minimum Gasteiger partial charge on any atom is -0.454 e. The summed E-state index contributed by atoms with van der Waals surface area (Å²) in [6, 6.07) is 18.9. The summed E-state index contributed by atoms with van der Waals surface area (Å²) in [6.45, 7) is 3.36. The zero-order valence-corrected chi connectivity index (χ0v) is 13.4. The number of nitrogens with zero attached hydrogens (tertiary/aromatic N) is 2. The molecule has 3 heterocycles. The summed E-state index contributed by atoms with van der Waals surface area (Å²) < 4.78 is 15.7. The Bertz CT molecular complexity index is 971. The van der Waals surface area contributed by atoms with Crippen LogP contribution in [0.25, 0.3) is 5.69 Å². The van der Waals surface area contributed by atoms with Gasteiger partial charge in [-0.15, -0.1) is 0 Å². The van der Waals surface area contributed by atoms with E-state index in [2.05, 4.69) is 70.8 Å². The molecule has 0 amide bonds. The van der Waals surface area contributed by atoms with E-state index >= 15 is 0 Å². The second kappa shape index (κ2) is 4.99. The molecule has 0 aliphatic carbocycles. The highest BCUT2D eigenvalue weighted by atomic mass is 16.7. The van der Waals surface area contributed by atoms with Gasteiger partial charge in [0, 0.05) is 30.5 Å². The molecule has 0 saturated heterocycles. The summed E-state index contributed by atoms with van der Waals surface area (Å²) >= 11 is 0. The molecule has 0 radical (unpaired) electrons. The van der Waals surface area contributed by atoms with Crippen LogP contribution in [0.2, 0.25) is 0 Å². The highest BCUT2D eigenvalue weighted by molar-refractivity contribution is 6.15. The fraction of sp³-hybridized carbons (Fsp3) is 0.150. The number of aromatic nitrogens is 1. The van der Waals surface area contributed by atoms with Crippen molar-refractivity contribution in [2.24, 2.45) is 0 Å². The van der Waals surface area contributed by atoms with Gasteiger partial charge in [-0.25, -0.2) is 0 Å². The molecule has 0 fully saturated rings. The average Bonchev–Trinajstić information content (AvgIpc) is 3.32. The van der Waals surface area contributed by atoms with Crippen molar-refractivity contribution in [3.63, 3.8) is 0 Å². The molecule has 0 saturated carbocycles. The van der Waals surface area contributed by atoms with Gasteiger partial charge in [0.2, 0.25) is 18.2 Å². The van der Waals surface area contributed by atoms with Crippen molar-refractivity contribution >= 4 is 11.4 Å². The van der Waals surface area contributed by atoms with Crippen molar-refractivity contribution in [1.82, 2.24) is 4.57 Å². The number of hydrogen-bond acceptors (Lipinski definition) is 2. The van der Waals surface area contributed by atoms with Crippen LogP contribution in [0.5, 0.6) is 11.5 Å². The number of rotatable bonds is 2. The molecule has 3 aromatic rings. The lowest BCUT2D eigenvalue weighted by molar-refractivity contribution is -0.435. The number of hydrogen-bond donors (Lipinski definition) is 0. The Morgan fingerprint density at radius 1 is 1.00 bits per heavy atom. The normalized spacial score (nSPS) is 16.0. The summed E-state index contributed by atoms with van der Waals surface area (Å²) in [5, 5.41) is 0. The van der Waals surface area contributed by atoms with E-state index in [4.69, 9.17) is 9.47 Å². The second-order valence-electron chi connectivity index (χ2n) is 5.91. The van der Waals surface area contributed by atoms with Crippen LogP contribution < -0.4 is 9.47 Å². The van der Waals surface area contributed by atoms with E-state index in [1.54, 1.807) is 0 Å². The molecule has 0 bridgehead atoms. The van der Waals surface area contributed by atoms with Crippen molar-refractivity contribution < 1.29 is 14.0 Å². The van der Waals surface area contributed by atoms with Gasteiger partial charge < -0.3 is 14.0 Å². The third-order valence-electron chi connectivity index (χ3n) is 4.65. The summed E-state index contributed by atoms with van der Waals surface area (Å²) in [5.74, 6) is 1.64. The molecular formula is C20H17N2O2+. The smallest absolute Gasteiger partial charge is 0.239 e. The van der Waals surface area contributed by atoms with Gasteiger partial charge in [-0.1, -0.05) is 18.2 Å². The zero-order chi connectivity index (χ0) is 16.1. The molecule has 118 valence electrons. The lowest BCUT2D eigenvalue weighted by Crippen LogP contribution is -2.17. The third-order valence-corrected chi connectivity index (χ3v) is 4.65. The van der Waals surface area contributed by atoms with Crippen molar-refractivity contribution in [1.29, 1.82) is 0 Å². The Labute approximate surface area is 140 Å². The Hall–Kier alpha value is -3.01. The minimum atomic E-state index is 0.294. The highest BCUT2D eigenvalue weighted by Crippen LogP contribution is 2.40. The molecule has 0 atom stereocenters. The molecule has 2 aromatic carbocycles. The van der Waals surface area contributed by atoms with E-state index in [0.29, 0.717) is 6.79 Å². The monoisotopic (exact) mass is 317 g/mol. The van der Waals surface area contributed by atoms with Crippen LogP contribution in [0.3, 0.4) is 0 Å². The molecular weight excluding hydrogens is 300 g/mol. The first kappa shape index (κ1) is 13.4. The maximum absolute atomic E-state index is 5.60. The third kappa shape index (κ3) is 1.77. The molecule has 0 unspecified atom stereocenters. The van der Waals surface area contributed by atoms with Gasteiger partial charge in [-0.2, -0.15) is 4.58 Å². The van der Waals surface area contributed by atoms with Gasteiger partial charge in [0.1, 0.15) is 12.2 Å². The molecule has 0 N–H and O–H groups in total. The van der Waals surface area contributed by atoms with E-state index in [1.165, 1.54) is 22.7 Å². The number of para-hydroxylation sites is 1. The van der Waals surface area contributed by atoms with E-state index in [0.717, 1.165) is 23.7 Å². The van der Waals surface area contributed by atoms with Crippen LogP contribution >= 0.6 is 0 Å². The standard InChI is InChI=1S/C20H17N2O2/c1-2-21(14-7-4-3-5-8-14)20-15-11-18-19(24-13-23-18)12-17(15)22-10-6-9-16(20)22/h3-12H,2,13H2,1H3/q+1. The van der Waals surface area contributed by atoms with Crippen molar-refractivity contribution in [3.05, 3.63) is 72.1 Å². The Morgan fingerprint density at radius 3 is 2.58 bits per heavy atom. The molecule has 4 nitrogen and oxygen atoms in total. The van der Waals surface area contributed by atoms with Crippen LogP contribution in [0.1, 0.15) is 18.2 Å². The molecule has 1 aromatic heterocycles. The zero-order valence-electron chi connectivity index (χ0n) is 13.4. The Morgan fingerprint density at radius 2 is 1.79 bits per heavy atom. The topological polar surface area (TPSA) is 26.4 Å². The number of fused-ring (bicyclic) bond motifs is 4. The SMILES string of the molecule is CC[N+](=C1c2cc3c(cc2-n2cccc21)OCO3)c1ccccc1. The fourth-order valence-electron chi connectivity index (χ4n) is 3.60. The maximum atomic E-state index is 5.60. The molecule has 2 aliphatic heterocycles. The van der Waals surface area contributed by atoms with Gasteiger partial charge in [-0.05, 0) is 19.1 Å². The van der Waals surface area contributed by atoms with Gasteiger partial charge in [0.25, 0.3) is 0 Å². The van der Waals surface area contributed by atoms with Crippen LogP contribution in [0.15, 0.2) is 60.8 Å². The average molecular weight is 317 g/mol. The minimum absolute atomic E-state index is 0.294. The first-order valence-corrected chi connectivity index (χ1v) is 8.18. The molecule has 0 spiro atoms. The molecule has 2 aliphatic rings. The molecule has 24 heavy (non-hydrogen) atoms. The predicted octanol–water partition coefficient (Wildman–Crippen LogP) is 3.72. The van der Waals surface area contributed by atoms with Gasteiger partial charge in [-0.3, -0.25) is 0 Å². The van der Waals surface area contributed by atoms with Gasteiger partial charge in [0.15, 0.2) is 11.5 Å². The van der Waals surface area contributed by atoms with E-state index in [9.17, 15) is 0 Å². The largest absolute Gasteiger partial charge is 0.454 e. The lowest BCUT2D eigenvalue weighted by Gasteiger charge is -2.06. The number of benzene rings is 2. The first-order valence-electron chi connectivity index (χ1n) is 8.18. The molecule has 4 heteroatoms. The van der Waals surface area contributed by atoms with Gasteiger partial charge in [0.05, 0.1) is 11.3 Å². The predicted molar refractivity (Wildman–Crippen MR) is 92.0 cm³/mol. The summed E-state index contributed by atoms with van der Waals surface area (Å²) in [5.41, 5.74) is 5.92. The fourth-order valence-corrected chi connectivity index (χ4v) is 3.60. The Kier molecular flexibility index (Phi) is 2.80. The summed E-state index contributed by atoms with van der Waals surface area (Å²) in [7, 11) is 0. The number of ether oxygens (including phenoxy) is 2. The van der Waals surface area contributed by atoms with Crippen LogP contribution in [0.4, 0.5) is 5.69 Å². The van der Waals surface area contributed by atoms with Crippen molar-refractivity contribution in [2.45, 2.75) is 6.92 Å². The van der Waals surface area contributed by atoms with E-state index in [1.807, 2.05) is 6.07 Å². The van der Waals surface area contributed by atoms with Crippen LogP contribution in [-0.2, 0) is 0 Å². The van der Waals surface area contributed by atoms with Gasteiger partial charge >= 0.3 is 0 Å². The maximum Gasteiger partial charge on any atom is 0.239 e. The summed E-state index contributed by atoms with van der Waals surface area (Å²) in [4.78, 5) is 0. The van der Waals surface area contributed by atoms with E-state index < -0.39 is 0 Å². The highest BCUT2D eigenvalue weighted by Gasteiger charge is 2.35. The Balaban J connectivity index is 1.83. The first-order chi connectivity index (χ1) is 11.9. The quantitative estimate of drug-likeness (QED) is 0.527. The second-order valence-corrected chi connectivity index (χ2v) is 5.91.